The molecule has 3 heteroatoms. The second kappa shape index (κ2) is 7.67. The molecule has 0 aliphatic heterocycles. The van der Waals surface area contributed by atoms with Gasteiger partial charge in [0.15, 0.2) is 0 Å². The van der Waals surface area contributed by atoms with Crippen LogP contribution in [-0.4, -0.2) is 9.55 Å². The molecule has 4 aromatic rings. The number of imidazole rings is 1. The number of ether oxygens (including phenoxy) is 1. The normalized spacial score (nSPS) is 11.0. The number of fused-ring (bicyclic) bond motifs is 1. The van der Waals surface area contributed by atoms with Crippen LogP contribution < -0.4 is 4.74 Å². The van der Waals surface area contributed by atoms with E-state index in [1.165, 1.54) is 16.7 Å². The van der Waals surface area contributed by atoms with Crippen molar-refractivity contribution in [2.45, 2.75) is 33.4 Å². The van der Waals surface area contributed by atoms with Gasteiger partial charge in [0.05, 0.1) is 11.0 Å². The summed E-state index contributed by atoms with van der Waals surface area (Å²) in [5.41, 5.74) is 6.02. The van der Waals surface area contributed by atoms with E-state index in [4.69, 9.17) is 9.72 Å². The van der Waals surface area contributed by atoms with Crippen LogP contribution in [0, 0.1) is 13.8 Å². The molecule has 3 aromatic carbocycles. The van der Waals surface area contributed by atoms with Crippen LogP contribution in [-0.2, 0) is 19.6 Å². The van der Waals surface area contributed by atoms with Crippen molar-refractivity contribution in [3.63, 3.8) is 0 Å². The zero-order chi connectivity index (χ0) is 18.6. The molecule has 0 aliphatic rings. The molecule has 0 bridgehead atoms. The van der Waals surface area contributed by atoms with E-state index in [1.807, 2.05) is 12.1 Å². The molecule has 0 spiro atoms. The van der Waals surface area contributed by atoms with Gasteiger partial charge in [0.2, 0.25) is 0 Å². The summed E-state index contributed by atoms with van der Waals surface area (Å²) in [6, 6.07) is 25.1. The fraction of sp³-hybridized carbons (Fsp3) is 0.208. The largest absolute Gasteiger partial charge is 0.486 e. The summed E-state index contributed by atoms with van der Waals surface area (Å²) in [7, 11) is 0. The fourth-order valence-corrected chi connectivity index (χ4v) is 3.32. The predicted octanol–water partition coefficient (Wildman–Crippen LogP) is 5.47. The summed E-state index contributed by atoms with van der Waals surface area (Å²) >= 11 is 0. The van der Waals surface area contributed by atoms with Gasteiger partial charge in [-0.2, -0.15) is 0 Å². The lowest BCUT2D eigenvalue weighted by atomic mass is 10.1. The zero-order valence-corrected chi connectivity index (χ0v) is 15.9. The van der Waals surface area contributed by atoms with Gasteiger partial charge in [-0.3, -0.25) is 0 Å². The third-order valence-corrected chi connectivity index (χ3v) is 5.05. The number of rotatable bonds is 6. The highest BCUT2D eigenvalue weighted by atomic mass is 16.5. The third kappa shape index (κ3) is 3.87. The molecule has 1 aromatic heterocycles. The molecule has 136 valence electrons. The monoisotopic (exact) mass is 356 g/mol. The number of para-hydroxylation sites is 2. The minimum absolute atomic E-state index is 0.464. The smallest absolute Gasteiger partial charge is 0.148 e. The lowest BCUT2D eigenvalue weighted by molar-refractivity contribution is 0.290. The maximum atomic E-state index is 6.07. The number of aromatic nitrogens is 2. The quantitative estimate of drug-likeness (QED) is 0.458. The Morgan fingerprint density at radius 1 is 0.852 bits per heavy atom. The molecule has 3 nitrogen and oxygen atoms in total. The number of nitrogens with zero attached hydrogens (tertiary/aromatic N) is 2. The SMILES string of the molecule is Cc1ccc(OCc2nc3ccccc3n2CCc2ccccc2)cc1C. The van der Waals surface area contributed by atoms with Crippen LogP contribution in [0.4, 0.5) is 0 Å². The van der Waals surface area contributed by atoms with Gasteiger partial charge in [0.1, 0.15) is 18.2 Å². The van der Waals surface area contributed by atoms with Crippen LogP contribution in [0.3, 0.4) is 0 Å². The predicted molar refractivity (Wildman–Crippen MR) is 110 cm³/mol. The molecule has 0 radical (unpaired) electrons. The van der Waals surface area contributed by atoms with Gasteiger partial charge in [-0.05, 0) is 61.2 Å². The maximum absolute atomic E-state index is 6.07. The minimum Gasteiger partial charge on any atom is -0.486 e. The van der Waals surface area contributed by atoms with Crippen LogP contribution in [0.2, 0.25) is 0 Å². The first-order valence-corrected chi connectivity index (χ1v) is 9.39. The first kappa shape index (κ1) is 17.3. The Bertz CT molecular complexity index is 1050. The van der Waals surface area contributed by atoms with Crippen LogP contribution >= 0.6 is 0 Å². The van der Waals surface area contributed by atoms with Crippen LogP contribution in [0.15, 0.2) is 72.8 Å². The molecule has 1 heterocycles. The molecule has 0 N–H and O–H groups in total. The van der Waals surface area contributed by atoms with E-state index in [9.17, 15) is 0 Å². The number of aryl methyl sites for hydroxylation is 4. The molecule has 0 fully saturated rings. The highest BCUT2D eigenvalue weighted by Crippen LogP contribution is 2.21. The Labute approximate surface area is 160 Å². The van der Waals surface area contributed by atoms with E-state index in [0.717, 1.165) is 35.6 Å². The highest BCUT2D eigenvalue weighted by molar-refractivity contribution is 5.75. The molecule has 0 saturated carbocycles. The Morgan fingerprint density at radius 3 is 2.44 bits per heavy atom. The second-order valence-electron chi connectivity index (χ2n) is 6.94. The Balaban J connectivity index is 1.58. The molecule has 27 heavy (non-hydrogen) atoms. The van der Waals surface area contributed by atoms with Crippen molar-refractivity contribution in [1.29, 1.82) is 0 Å². The topological polar surface area (TPSA) is 27.1 Å². The first-order valence-electron chi connectivity index (χ1n) is 9.39. The van der Waals surface area contributed by atoms with Crippen LogP contribution in [0.1, 0.15) is 22.5 Å². The molecule has 0 atom stereocenters. The van der Waals surface area contributed by atoms with Crippen molar-refractivity contribution >= 4 is 11.0 Å². The number of hydrogen-bond acceptors (Lipinski definition) is 2. The van der Waals surface area contributed by atoms with E-state index >= 15 is 0 Å². The molecular formula is C24H24N2O. The average Bonchev–Trinajstić information content (AvgIpc) is 3.05. The molecular weight excluding hydrogens is 332 g/mol. The van der Waals surface area contributed by atoms with Crippen molar-refractivity contribution < 1.29 is 4.74 Å². The van der Waals surface area contributed by atoms with Crippen molar-refractivity contribution in [3.05, 3.63) is 95.3 Å². The summed E-state index contributed by atoms with van der Waals surface area (Å²) in [6.07, 6.45) is 0.970. The maximum Gasteiger partial charge on any atom is 0.148 e. The van der Waals surface area contributed by atoms with Gasteiger partial charge in [0, 0.05) is 6.54 Å². The summed E-state index contributed by atoms with van der Waals surface area (Å²) in [4.78, 5) is 4.82. The summed E-state index contributed by atoms with van der Waals surface area (Å²) in [6.45, 7) is 5.57. The van der Waals surface area contributed by atoms with Crippen molar-refractivity contribution in [2.75, 3.05) is 0 Å². The van der Waals surface area contributed by atoms with Crippen molar-refractivity contribution in [3.8, 4) is 5.75 Å². The van der Waals surface area contributed by atoms with E-state index in [0.29, 0.717) is 6.61 Å². The lowest BCUT2D eigenvalue weighted by Crippen LogP contribution is -2.09. The van der Waals surface area contributed by atoms with Crippen LogP contribution in [0.25, 0.3) is 11.0 Å². The average molecular weight is 356 g/mol. The Hall–Kier alpha value is -3.07. The van der Waals surface area contributed by atoms with Gasteiger partial charge in [0.25, 0.3) is 0 Å². The molecule has 0 aliphatic carbocycles. The van der Waals surface area contributed by atoms with E-state index < -0.39 is 0 Å². The second-order valence-corrected chi connectivity index (χ2v) is 6.94. The number of hydrogen-bond donors (Lipinski definition) is 0. The number of benzene rings is 3. The summed E-state index contributed by atoms with van der Waals surface area (Å²) < 4.78 is 8.35. The Kier molecular flexibility index (Phi) is 4.93. The van der Waals surface area contributed by atoms with Gasteiger partial charge in [-0.25, -0.2) is 4.98 Å². The van der Waals surface area contributed by atoms with Crippen LogP contribution in [0.5, 0.6) is 5.75 Å². The third-order valence-electron chi connectivity index (χ3n) is 5.05. The van der Waals surface area contributed by atoms with Gasteiger partial charge in [-0.1, -0.05) is 48.5 Å². The van der Waals surface area contributed by atoms with E-state index in [2.05, 4.69) is 79.1 Å². The first-order chi connectivity index (χ1) is 13.2. The zero-order valence-electron chi connectivity index (χ0n) is 15.9. The molecule has 0 saturated heterocycles. The minimum atomic E-state index is 0.464. The van der Waals surface area contributed by atoms with Crippen molar-refractivity contribution in [2.24, 2.45) is 0 Å². The molecule has 4 rings (SSSR count). The molecule has 0 unspecified atom stereocenters. The van der Waals surface area contributed by atoms with Gasteiger partial charge in [-0.15, -0.1) is 0 Å². The summed E-state index contributed by atoms with van der Waals surface area (Å²) in [5, 5.41) is 0. The van der Waals surface area contributed by atoms with Gasteiger partial charge < -0.3 is 9.30 Å². The fourth-order valence-electron chi connectivity index (χ4n) is 3.32. The molecule has 0 amide bonds. The van der Waals surface area contributed by atoms with E-state index in [1.54, 1.807) is 0 Å². The highest BCUT2D eigenvalue weighted by Gasteiger charge is 2.11. The van der Waals surface area contributed by atoms with E-state index in [-0.39, 0.29) is 0 Å². The Morgan fingerprint density at radius 2 is 1.63 bits per heavy atom. The lowest BCUT2D eigenvalue weighted by Gasteiger charge is -2.11. The van der Waals surface area contributed by atoms with Gasteiger partial charge >= 0.3 is 0 Å². The van der Waals surface area contributed by atoms with Crippen molar-refractivity contribution in [1.82, 2.24) is 9.55 Å². The summed E-state index contributed by atoms with van der Waals surface area (Å²) in [5.74, 6) is 1.85. The standard InChI is InChI=1S/C24H24N2O/c1-18-12-13-21(16-19(18)2)27-17-24-25-22-10-6-7-11-23(22)26(24)15-14-20-8-4-3-5-9-20/h3-13,16H,14-15,17H2,1-2H3.